The Balaban J connectivity index is 1.45. The Labute approximate surface area is 175 Å². The van der Waals surface area contributed by atoms with Crippen molar-refractivity contribution in [2.45, 2.75) is 32.6 Å². The van der Waals surface area contributed by atoms with Crippen LogP contribution in [0.2, 0.25) is 5.02 Å². The molecule has 5 nitrogen and oxygen atoms in total. The number of aromatic nitrogens is 1. The molecular formula is C23H24ClNO4. The highest BCUT2D eigenvalue weighted by Crippen LogP contribution is 2.27. The highest BCUT2D eigenvalue weighted by molar-refractivity contribution is 6.30. The molecule has 0 fully saturated rings. The van der Waals surface area contributed by atoms with Crippen LogP contribution in [0.5, 0.6) is 5.75 Å². The Hall–Kier alpha value is -2.79. The first-order valence-corrected chi connectivity index (χ1v) is 10.1. The lowest BCUT2D eigenvalue weighted by molar-refractivity contribution is -0.143. The molecule has 0 unspecified atom stereocenters. The Kier molecular flexibility index (Phi) is 7.70. The minimum atomic E-state index is -0.130. The number of nitrogens with zero attached hydrogens (tertiary/aromatic N) is 1. The standard InChI is InChI=1S/C23H24ClNO4/c1-2-27-22(26)6-4-3-5-15-28-20-13-9-18(10-14-20)23-25-21(16-29-23)17-7-11-19(24)12-8-17/h7-14,16H,2-6,15H2,1H3. The summed E-state index contributed by atoms with van der Waals surface area (Å²) in [6, 6.07) is 15.1. The molecule has 0 amide bonds. The van der Waals surface area contributed by atoms with E-state index in [2.05, 4.69) is 4.98 Å². The summed E-state index contributed by atoms with van der Waals surface area (Å²) in [6.07, 6.45) is 4.75. The number of hydrogen-bond acceptors (Lipinski definition) is 5. The van der Waals surface area contributed by atoms with E-state index >= 15 is 0 Å². The van der Waals surface area contributed by atoms with Gasteiger partial charge in [0.15, 0.2) is 0 Å². The van der Waals surface area contributed by atoms with Gasteiger partial charge in [0, 0.05) is 22.6 Å². The van der Waals surface area contributed by atoms with Crippen molar-refractivity contribution in [2.24, 2.45) is 0 Å². The molecule has 152 valence electrons. The van der Waals surface area contributed by atoms with Gasteiger partial charge in [-0.3, -0.25) is 4.79 Å². The molecule has 3 rings (SSSR count). The molecule has 2 aromatic carbocycles. The van der Waals surface area contributed by atoms with Crippen molar-refractivity contribution in [3.05, 3.63) is 59.8 Å². The van der Waals surface area contributed by atoms with E-state index in [4.69, 9.17) is 25.5 Å². The number of carbonyl (C=O) groups excluding carboxylic acids is 1. The Bertz CT molecular complexity index is 903. The first-order chi connectivity index (χ1) is 14.2. The highest BCUT2D eigenvalue weighted by atomic mass is 35.5. The molecule has 29 heavy (non-hydrogen) atoms. The molecule has 6 heteroatoms. The monoisotopic (exact) mass is 413 g/mol. The number of halogens is 1. The first kappa shape index (κ1) is 20.9. The van der Waals surface area contributed by atoms with Crippen molar-refractivity contribution in [1.29, 1.82) is 0 Å². The van der Waals surface area contributed by atoms with Crippen LogP contribution in [0.4, 0.5) is 0 Å². The second-order valence-electron chi connectivity index (χ2n) is 6.53. The topological polar surface area (TPSA) is 61.6 Å². The third-order valence-corrected chi connectivity index (χ3v) is 4.60. The van der Waals surface area contributed by atoms with Gasteiger partial charge in [0.05, 0.1) is 13.2 Å². The first-order valence-electron chi connectivity index (χ1n) is 9.76. The molecule has 1 heterocycles. The maximum atomic E-state index is 11.3. The zero-order valence-electron chi connectivity index (χ0n) is 16.4. The van der Waals surface area contributed by atoms with E-state index in [1.54, 1.807) is 6.26 Å². The van der Waals surface area contributed by atoms with Gasteiger partial charge in [-0.05, 0) is 62.6 Å². The van der Waals surface area contributed by atoms with Crippen LogP contribution in [-0.4, -0.2) is 24.2 Å². The molecule has 0 atom stereocenters. The van der Waals surface area contributed by atoms with Gasteiger partial charge >= 0.3 is 5.97 Å². The van der Waals surface area contributed by atoms with Crippen LogP contribution in [0.1, 0.15) is 32.6 Å². The van der Waals surface area contributed by atoms with Gasteiger partial charge in [-0.25, -0.2) is 4.98 Å². The third-order valence-electron chi connectivity index (χ3n) is 4.34. The molecular weight excluding hydrogens is 390 g/mol. The van der Waals surface area contributed by atoms with Crippen molar-refractivity contribution in [2.75, 3.05) is 13.2 Å². The average molecular weight is 414 g/mol. The summed E-state index contributed by atoms with van der Waals surface area (Å²) in [7, 11) is 0. The van der Waals surface area contributed by atoms with Crippen LogP contribution in [0.3, 0.4) is 0 Å². The van der Waals surface area contributed by atoms with Crippen LogP contribution in [0.25, 0.3) is 22.7 Å². The molecule has 0 saturated heterocycles. The fourth-order valence-corrected chi connectivity index (χ4v) is 2.95. The average Bonchev–Trinajstić information content (AvgIpc) is 3.22. The van der Waals surface area contributed by atoms with Gasteiger partial charge in [-0.1, -0.05) is 23.7 Å². The zero-order valence-corrected chi connectivity index (χ0v) is 17.2. The number of benzene rings is 2. The Morgan fingerprint density at radius 2 is 1.72 bits per heavy atom. The largest absolute Gasteiger partial charge is 0.494 e. The second kappa shape index (κ2) is 10.7. The van der Waals surface area contributed by atoms with Gasteiger partial charge in [0.2, 0.25) is 5.89 Å². The number of oxazole rings is 1. The summed E-state index contributed by atoms with van der Waals surface area (Å²) in [6.45, 7) is 2.87. The number of rotatable bonds is 10. The van der Waals surface area contributed by atoms with E-state index in [9.17, 15) is 4.79 Å². The number of unbranched alkanes of at least 4 members (excludes halogenated alkanes) is 2. The van der Waals surface area contributed by atoms with Crippen LogP contribution >= 0.6 is 11.6 Å². The summed E-state index contributed by atoms with van der Waals surface area (Å²) in [4.78, 5) is 15.8. The molecule has 0 radical (unpaired) electrons. The van der Waals surface area contributed by atoms with E-state index in [1.165, 1.54) is 0 Å². The van der Waals surface area contributed by atoms with Gasteiger partial charge in [0.25, 0.3) is 0 Å². The summed E-state index contributed by atoms with van der Waals surface area (Å²) in [5.74, 6) is 1.22. The molecule has 1 aromatic heterocycles. The van der Waals surface area contributed by atoms with Crippen LogP contribution < -0.4 is 4.74 Å². The van der Waals surface area contributed by atoms with Crippen LogP contribution in [0, 0.1) is 0 Å². The number of ether oxygens (including phenoxy) is 2. The minimum absolute atomic E-state index is 0.130. The summed E-state index contributed by atoms with van der Waals surface area (Å²) in [5, 5.41) is 0.687. The quantitative estimate of drug-likeness (QED) is 0.294. The minimum Gasteiger partial charge on any atom is -0.494 e. The van der Waals surface area contributed by atoms with E-state index in [1.807, 2.05) is 55.5 Å². The molecule has 0 aliphatic heterocycles. The predicted molar refractivity (Wildman–Crippen MR) is 113 cm³/mol. The van der Waals surface area contributed by atoms with Crippen molar-refractivity contribution >= 4 is 17.6 Å². The van der Waals surface area contributed by atoms with Gasteiger partial charge in [0.1, 0.15) is 17.7 Å². The van der Waals surface area contributed by atoms with Crippen molar-refractivity contribution < 1.29 is 18.7 Å². The smallest absolute Gasteiger partial charge is 0.305 e. The van der Waals surface area contributed by atoms with E-state index in [0.717, 1.165) is 41.8 Å². The maximum Gasteiger partial charge on any atom is 0.305 e. The normalized spacial score (nSPS) is 10.7. The van der Waals surface area contributed by atoms with Gasteiger partial charge < -0.3 is 13.9 Å². The zero-order chi connectivity index (χ0) is 20.5. The SMILES string of the molecule is CCOC(=O)CCCCCOc1ccc(-c2nc(-c3ccc(Cl)cc3)co2)cc1. The van der Waals surface area contributed by atoms with Crippen LogP contribution in [0.15, 0.2) is 59.2 Å². The molecule has 0 N–H and O–H groups in total. The summed E-state index contributed by atoms with van der Waals surface area (Å²) in [5.41, 5.74) is 2.60. The fourth-order valence-electron chi connectivity index (χ4n) is 2.82. The second-order valence-corrected chi connectivity index (χ2v) is 6.97. The molecule has 0 bridgehead atoms. The van der Waals surface area contributed by atoms with Crippen molar-refractivity contribution in [1.82, 2.24) is 4.98 Å². The van der Waals surface area contributed by atoms with E-state index < -0.39 is 0 Å². The molecule has 0 aliphatic carbocycles. The van der Waals surface area contributed by atoms with Gasteiger partial charge in [-0.2, -0.15) is 0 Å². The van der Waals surface area contributed by atoms with Gasteiger partial charge in [-0.15, -0.1) is 0 Å². The lowest BCUT2D eigenvalue weighted by Gasteiger charge is -2.06. The predicted octanol–water partition coefficient (Wildman–Crippen LogP) is 6.16. The van der Waals surface area contributed by atoms with Crippen molar-refractivity contribution in [3.8, 4) is 28.5 Å². The van der Waals surface area contributed by atoms with Crippen LogP contribution in [-0.2, 0) is 9.53 Å². The number of carbonyl (C=O) groups is 1. The molecule has 3 aromatic rings. The fraction of sp³-hybridized carbons (Fsp3) is 0.304. The molecule has 0 saturated carbocycles. The number of esters is 1. The lowest BCUT2D eigenvalue weighted by atomic mass is 10.2. The molecule has 0 spiro atoms. The summed E-state index contributed by atoms with van der Waals surface area (Å²) >= 11 is 5.93. The van der Waals surface area contributed by atoms with E-state index in [-0.39, 0.29) is 5.97 Å². The highest BCUT2D eigenvalue weighted by Gasteiger charge is 2.09. The lowest BCUT2D eigenvalue weighted by Crippen LogP contribution is -2.04. The maximum absolute atomic E-state index is 11.3. The van der Waals surface area contributed by atoms with E-state index in [0.29, 0.717) is 30.5 Å². The van der Waals surface area contributed by atoms with Crippen molar-refractivity contribution in [3.63, 3.8) is 0 Å². The Morgan fingerprint density at radius 1 is 1.00 bits per heavy atom. The number of hydrogen-bond donors (Lipinski definition) is 0. The summed E-state index contributed by atoms with van der Waals surface area (Å²) < 4.78 is 16.3. The Morgan fingerprint density at radius 3 is 2.45 bits per heavy atom. The molecule has 0 aliphatic rings. The third kappa shape index (κ3) is 6.36.